The predicted octanol–water partition coefficient (Wildman–Crippen LogP) is 4.78. The third-order valence-corrected chi connectivity index (χ3v) is 6.98. The fourth-order valence-corrected chi connectivity index (χ4v) is 5.07. The van der Waals surface area contributed by atoms with Crippen LogP contribution in [0.15, 0.2) is 23.1 Å². The summed E-state index contributed by atoms with van der Waals surface area (Å²) in [4.78, 5) is 4.86. The zero-order valence-corrected chi connectivity index (χ0v) is 19.7. The largest absolute Gasteiger partial charge is 0.478 e. The van der Waals surface area contributed by atoms with E-state index >= 15 is 0 Å². The molecule has 0 saturated heterocycles. The first-order chi connectivity index (χ1) is 14.0. The second kappa shape index (κ2) is 8.71. The molecule has 0 radical (unpaired) electrons. The Labute approximate surface area is 180 Å². The van der Waals surface area contributed by atoms with Crippen molar-refractivity contribution in [2.45, 2.75) is 83.6 Å². The number of primary sulfonamides is 1. The Bertz CT molecular complexity index is 997. The minimum Gasteiger partial charge on any atom is -0.478 e. The summed E-state index contributed by atoms with van der Waals surface area (Å²) in [5, 5.41) is 5.55. The summed E-state index contributed by atoms with van der Waals surface area (Å²) in [6.45, 7) is 11.4. The molecular weight excluding hydrogens is 398 g/mol. The van der Waals surface area contributed by atoms with Crippen LogP contribution < -0.4 is 9.88 Å². The van der Waals surface area contributed by atoms with Gasteiger partial charge >= 0.3 is 0 Å². The van der Waals surface area contributed by atoms with Gasteiger partial charge in [0.15, 0.2) is 0 Å². The van der Waals surface area contributed by atoms with Crippen molar-refractivity contribution in [3.8, 4) is 17.1 Å². The van der Waals surface area contributed by atoms with Crippen LogP contribution in [0.1, 0.15) is 71.2 Å². The molecule has 2 aromatic heterocycles. The van der Waals surface area contributed by atoms with Gasteiger partial charge in [0.25, 0.3) is 0 Å². The Balaban J connectivity index is 2.17. The number of ether oxygens (including phenoxy) is 1. The number of aromatic nitrogens is 2. The van der Waals surface area contributed by atoms with Gasteiger partial charge in [-0.05, 0) is 44.7 Å². The van der Waals surface area contributed by atoms with Crippen LogP contribution in [0.3, 0.4) is 0 Å². The maximum Gasteiger partial charge on any atom is 0.239 e. The number of nitrogens with two attached hydrogens (primary N) is 1. The molecule has 0 aliphatic heterocycles. The summed E-state index contributed by atoms with van der Waals surface area (Å²) >= 11 is 0. The average Bonchev–Trinajstić information content (AvgIpc) is 2.99. The van der Waals surface area contributed by atoms with Crippen LogP contribution in [0, 0.1) is 12.8 Å². The van der Waals surface area contributed by atoms with E-state index < -0.39 is 10.0 Å². The van der Waals surface area contributed by atoms with Gasteiger partial charge in [0.05, 0.1) is 12.3 Å². The van der Waals surface area contributed by atoms with Gasteiger partial charge in [-0.2, -0.15) is 0 Å². The van der Waals surface area contributed by atoms with Gasteiger partial charge in [0, 0.05) is 35.0 Å². The van der Waals surface area contributed by atoms with Crippen LogP contribution >= 0.6 is 0 Å². The molecule has 6 nitrogen and oxygen atoms in total. The summed E-state index contributed by atoms with van der Waals surface area (Å²) in [5.41, 5.74) is 3.21. The lowest BCUT2D eigenvalue weighted by atomic mass is 9.89. The van der Waals surface area contributed by atoms with Crippen LogP contribution in [-0.4, -0.2) is 24.6 Å². The topological polar surface area (TPSA) is 87.2 Å². The van der Waals surface area contributed by atoms with E-state index in [4.69, 9.17) is 9.88 Å². The molecule has 1 aliphatic carbocycles. The van der Waals surface area contributed by atoms with E-state index in [1.165, 1.54) is 32.1 Å². The molecule has 0 aromatic carbocycles. The van der Waals surface area contributed by atoms with Crippen LogP contribution in [0.4, 0.5) is 0 Å². The van der Waals surface area contributed by atoms with Gasteiger partial charge in [-0.1, -0.05) is 40.0 Å². The molecular formula is C23H35N3O3S. The van der Waals surface area contributed by atoms with E-state index in [9.17, 15) is 8.42 Å². The van der Waals surface area contributed by atoms with Crippen LogP contribution in [0.25, 0.3) is 11.3 Å². The highest BCUT2D eigenvalue weighted by Gasteiger charge is 2.25. The number of rotatable bonds is 6. The number of hydrogen-bond acceptors (Lipinski definition) is 4. The standard InChI is InChI=1S/C23H35N3O3S/c1-6-29-22-13-18(12-21(25-22)23(3,4)5)19-14-20(30(24,27)28)16(2)26(19)15-17-10-8-7-9-11-17/h12-14,17H,6-11,15H2,1-5H3,(H2,24,27,28). The maximum atomic E-state index is 12.3. The van der Waals surface area contributed by atoms with E-state index in [0.29, 0.717) is 24.1 Å². The van der Waals surface area contributed by atoms with Crippen molar-refractivity contribution in [1.29, 1.82) is 0 Å². The second-order valence-corrected chi connectivity index (χ2v) is 10.9. The third kappa shape index (κ3) is 5.06. The Hall–Kier alpha value is -1.86. The number of sulfonamides is 1. The molecule has 0 bridgehead atoms. The van der Waals surface area contributed by atoms with Crippen molar-refractivity contribution in [1.82, 2.24) is 9.55 Å². The molecule has 0 amide bonds. The van der Waals surface area contributed by atoms with E-state index in [0.717, 1.165) is 23.5 Å². The van der Waals surface area contributed by atoms with Crippen LogP contribution in [0.5, 0.6) is 5.88 Å². The highest BCUT2D eigenvalue weighted by atomic mass is 32.2. The quantitative estimate of drug-likeness (QED) is 0.710. The number of nitrogens with zero attached hydrogens (tertiary/aromatic N) is 2. The fraction of sp³-hybridized carbons (Fsp3) is 0.609. The molecule has 166 valence electrons. The molecule has 2 N–H and O–H groups in total. The molecule has 3 rings (SSSR count). The summed E-state index contributed by atoms with van der Waals surface area (Å²) < 4.78 is 32.4. The minimum absolute atomic E-state index is 0.166. The first-order valence-electron chi connectivity index (χ1n) is 10.9. The monoisotopic (exact) mass is 433 g/mol. The molecule has 0 unspecified atom stereocenters. The van der Waals surface area contributed by atoms with Gasteiger partial charge < -0.3 is 9.30 Å². The summed E-state index contributed by atoms with van der Waals surface area (Å²) in [6.07, 6.45) is 6.11. The van der Waals surface area contributed by atoms with Crippen LogP contribution in [-0.2, 0) is 22.0 Å². The molecule has 7 heteroatoms. The van der Waals surface area contributed by atoms with Crippen molar-refractivity contribution in [3.05, 3.63) is 29.6 Å². The average molecular weight is 434 g/mol. The van der Waals surface area contributed by atoms with Crippen LogP contribution in [0.2, 0.25) is 0 Å². The zero-order chi connectivity index (χ0) is 22.1. The Morgan fingerprint density at radius 2 is 1.83 bits per heavy atom. The lowest BCUT2D eigenvalue weighted by Gasteiger charge is -2.25. The van der Waals surface area contributed by atoms with Crippen molar-refractivity contribution < 1.29 is 13.2 Å². The van der Waals surface area contributed by atoms with Crippen molar-refractivity contribution in [2.75, 3.05) is 6.61 Å². The predicted molar refractivity (Wildman–Crippen MR) is 120 cm³/mol. The van der Waals surface area contributed by atoms with Gasteiger partial charge in [0.2, 0.25) is 15.9 Å². The van der Waals surface area contributed by atoms with Crippen molar-refractivity contribution in [3.63, 3.8) is 0 Å². The maximum absolute atomic E-state index is 12.3. The lowest BCUT2D eigenvalue weighted by Crippen LogP contribution is -2.18. The summed E-state index contributed by atoms with van der Waals surface area (Å²) in [6, 6.07) is 5.66. The van der Waals surface area contributed by atoms with Crippen molar-refractivity contribution >= 4 is 10.0 Å². The van der Waals surface area contributed by atoms with Gasteiger partial charge in [0.1, 0.15) is 4.90 Å². The number of pyridine rings is 1. The number of hydrogen-bond donors (Lipinski definition) is 1. The normalized spacial score (nSPS) is 16.1. The molecule has 1 saturated carbocycles. The molecule has 0 atom stereocenters. The highest BCUT2D eigenvalue weighted by molar-refractivity contribution is 7.89. The van der Waals surface area contributed by atoms with E-state index in [1.807, 2.05) is 26.0 Å². The summed E-state index contributed by atoms with van der Waals surface area (Å²) in [5.74, 6) is 1.10. The fourth-order valence-electron chi connectivity index (χ4n) is 4.27. The van der Waals surface area contributed by atoms with Gasteiger partial charge in [-0.3, -0.25) is 0 Å². The Morgan fingerprint density at radius 1 is 1.17 bits per heavy atom. The molecule has 2 heterocycles. The summed E-state index contributed by atoms with van der Waals surface area (Å²) in [7, 11) is -3.81. The van der Waals surface area contributed by atoms with E-state index in [2.05, 4.69) is 30.3 Å². The van der Waals surface area contributed by atoms with E-state index in [1.54, 1.807) is 6.07 Å². The Morgan fingerprint density at radius 3 is 2.40 bits per heavy atom. The van der Waals surface area contributed by atoms with Crippen molar-refractivity contribution in [2.24, 2.45) is 11.1 Å². The molecule has 1 aliphatic rings. The zero-order valence-electron chi connectivity index (χ0n) is 18.9. The molecule has 2 aromatic rings. The van der Waals surface area contributed by atoms with E-state index in [-0.39, 0.29) is 10.3 Å². The van der Waals surface area contributed by atoms with Gasteiger partial charge in [-0.15, -0.1) is 0 Å². The Kier molecular flexibility index (Phi) is 6.63. The molecule has 0 spiro atoms. The van der Waals surface area contributed by atoms with Gasteiger partial charge in [-0.25, -0.2) is 18.5 Å². The highest BCUT2D eigenvalue weighted by Crippen LogP contribution is 2.35. The lowest BCUT2D eigenvalue weighted by molar-refractivity contribution is 0.318. The third-order valence-electron chi connectivity index (χ3n) is 5.95. The first kappa shape index (κ1) is 22.8. The smallest absolute Gasteiger partial charge is 0.239 e. The molecule has 30 heavy (non-hydrogen) atoms. The second-order valence-electron chi connectivity index (χ2n) is 9.40. The minimum atomic E-state index is -3.81. The first-order valence-corrected chi connectivity index (χ1v) is 12.4. The molecule has 1 fully saturated rings. The SMILES string of the molecule is CCOc1cc(-c2cc(S(N)(=O)=O)c(C)n2CC2CCCCC2)cc(C(C)(C)C)n1.